The minimum atomic E-state index is -1.71. The number of anilines is 1. The van der Waals surface area contributed by atoms with Gasteiger partial charge in [-0.1, -0.05) is 71.2 Å². The monoisotopic (exact) mass is 461 g/mol. The van der Waals surface area contributed by atoms with E-state index in [9.17, 15) is 9.90 Å². The van der Waals surface area contributed by atoms with Crippen molar-refractivity contribution in [3.63, 3.8) is 0 Å². The van der Waals surface area contributed by atoms with Gasteiger partial charge in [-0.05, 0) is 35.9 Å². The maximum absolute atomic E-state index is 13.5. The molecule has 0 radical (unpaired) electrons. The molecule has 4 rings (SSSR count). The van der Waals surface area contributed by atoms with E-state index < -0.39 is 17.6 Å². The van der Waals surface area contributed by atoms with E-state index in [1.807, 2.05) is 6.07 Å². The van der Waals surface area contributed by atoms with Gasteiger partial charge in [0.1, 0.15) is 0 Å². The number of rotatable bonds is 4. The van der Waals surface area contributed by atoms with Crippen LogP contribution in [0.5, 0.6) is 0 Å². The molecule has 154 valence electrons. The van der Waals surface area contributed by atoms with E-state index in [-0.39, 0.29) is 6.54 Å². The number of hydrogen-bond acceptors (Lipinski definition) is 3. The standard InChI is InChI=1S/C23H18Cl3NO3/c1-30-21-22(28)27(13-16-18(25)8-5-9-19(16)26)20-11-10-15(24)12-17(20)23(21,29)14-6-3-2-4-7-14/h2-12,21,29H,13H2,1H3. The van der Waals surface area contributed by atoms with E-state index >= 15 is 0 Å². The Hall–Kier alpha value is -2.08. The first-order chi connectivity index (χ1) is 14.4. The van der Waals surface area contributed by atoms with Crippen molar-refractivity contribution in [2.24, 2.45) is 0 Å². The summed E-state index contributed by atoms with van der Waals surface area (Å²) in [4.78, 5) is 15.1. The van der Waals surface area contributed by atoms with Crippen LogP contribution >= 0.6 is 34.8 Å². The van der Waals surface area contributed by atoms with Crippen LogP contribution in [0.4, 0.5) is 5.69 Å². The first kappa shape index (κ1) is 21.2. The summed E-state index contributed by atoms with van der Waals surface area (Å²) in [6.45, 7) is 0.122. The molecule has 0 fully saturated rings. The number of benzene rings is 3. The Morgan fingerprint density at radius 3 is 2.30 bits per heavy atom. The van der Waals surface area contributed by atoms with Crippen LogP contribution in [0.2, 0.25) is 15.1 Å². The molecular weight excluding hydrogens is 445 g/mol. The van der Waals surface area contributed by atoms with E-state index in [1.165, 1.54) is 12.0 Å². The van der Waals surface area contributed by atoms with Gasteiger partial charge in [-0.3, -0.25) is 4.79 Å². The highest BCUT2D eigenvalue weighted by atomic mass is 35.5. The van der Waals surface area contributed by atoms with E-state index in [0.29, 0.717) is 37.4 Å². The number of aliphatic hydroxyl groups is 1. The molecule has 1 heterocycles. The highest BCUT2D eigenvalue weighted by Crippen LogP contribution is 2.46. The third-order valence-electron chi connectivity index (χ3n) is 5.36. The highest BCUT2D eigenvalue weighted by molar-refractivity contribution is 6.36. The summed E-state index contributed by atoms with van der Waals surface area (Å²) in [5.41, 5.74) is 0.406. The number of methoxy groups -OCH3 is 1. The molecule has 1 N–H and O–H groups in total. The van der Waals surface area contributed by atoms with Gasteiger partial charge in [0.05, 0.1) is 12.2 Å². The number of halogens is 3. The van der Waals surface area contributed by atoms with Crippen molar-refractivity contribution in [1.82, 2.24) is 0 Å². The summed E-state index contributed by atoms with van der Waals surface area (Å²) < 4.78 is 5.55. The van der Waals surface area contributed by atoms with Gasteiger partial charge in [-0.25, -0.2) is 0 Å². The summed E-state index contributed by atoms with van der Waals surface area (Å²) in [7, 11) is 1.40. The summed E-state index contributed by atoms with van der Waals surface area (Å²) in [6, 6.07) is 19.2. The second-order valence-corrected chi connectivity index (χ2v) is 8.29. The van der Waals surface area contributed by atoms with Crippen LogP contribution in [0.25, 0.3) is 0 Å². The number of hydrogen-bond donors (Lipinski definition) is 1. The normalized spacial score (nSPS) is 20.9. The smallest absolute Gasteiger partial charge is 0.260 e. The Labute approximate surface area is 189 Å². The fraction of sp³-hybridized carbons (Fsp3) is 0.174. The first-order valence-electron chi connectivity index (χ1n) is 9.23. The predicted molar refractivity (Wildman–Crippen MR) is 119 cm³/mol. The fourth-order valence-electron chi connectivity index (χ4n) is 3.90. The maximum atomic E-state index is 13.5. The topological polar surface area (TPSA) is 49.8 Å². The third-order valence-corrected chi connectivity index (χ3v) is 6.30. The minimum Gasteiger partial charge on any atom is -0.377 e. The molecule has 2 unspecified atom stereocenters. The number of carbonyl (C=O) groups is 1. The first-order valence-corrected chi connectivity index (χ1v) is 10.4. The molecule has 0 saturated heterocycles. The van der Waals surface area contributed by atoms with Crippen molar-refractivity contribution in [2.45, 2.75) is 18.2 Å². The van der Waals surface area contributed by atoms with Crippen molar-refractivity contribution < 1.29 is 14.6 Å². The highest BCUT2D eigenvalue weighted by Gasteiger charge is 2.52. The molecule has 0 saturated carbocycles. The molecule has 0 bridgehead atoms. The van der Waals surface area contributed by atoms with E-state index in [2.05, 4.69) is 0 Å². The average molecular weight is 463 g/mol. The molecule has 0 spiro atoms. The number of carbonyl (C=O) groups excluding carboxylic acids is 1. The summed E-state index contributed by atoms with van der Waals surface area (Å²) in [5, 5.41) is 13.2. The van der Waals surface area contributed by atoms with Crippen molar-refractivity contribution in [3.8, 4) is 0 Å². The van der Waals surface area contributed by atoms with Gasteiger partial charge in [-0.2, -0.15) is 0 Å². The van der Waals surface area contributed by atoms with Gasteiger partial charge < -0.3 is 14.7 Å². The molecule has 2 atom stereocenters. The SMILES string of the molecule is COC1C(=O)N(Cc2c(Cl)cccc2Cl)c2ccc(Cl)cc2C1(O)c1ccccc1. The molecular formula is C23H18Cl3NO3. The minimum absolute atomic E-state index is 0.122. The Morgan fingerprint density at radius 2 is 1.67 bits per heavy atom. The molecule has 3 aromatic rings. The maximum Gasteiger partial charge on any atom is 0.260 e. The van der Waals surface area contributed by atoms with Crippen LogP contribution < -0.4 is 4.90 Å². The van der Waals surface area contributed by atoms with Crippen molar-refractivity contribution >= 4 is 46.4 Å². The zero-order valence-corrected chi connectivity index (χ0v) is 18.2. The Balaban J connectivity index is 1.93. The van der Waals surface area contributed by atoms with Crippen molar-refractivity contribution in [2.75, 3.05) is 12.0 Å². The zero-order valence-electron chi connectivity index (χ0n) is 16.0. The van der Waals surface area contributed by atoms with Crippen molar-refractivity contribution in [3.05, 3.63) is 98.5 Å². The van der Waals surface area contributed by atoms with E-state index in [4.69, 9.17) is 39.5 Å². The van der Waals surface area contributed by atoms with Gasteiger partial charge in [-0.15, -0.1) is 0 Å². The van der Waals surface area contributed by atoms with Gasteiger partial charge >= 0.3 is 0 Å². The molecule has 7 heteroatoms. The summed E-state index contributed by atoms with van der Waals surface area (Å²) in [6.07, 6.45) is -1.19. The van der Waals surface area contributed by atoms with E-state index in [1.54, 1.807) is 60.7 Å². The van der Waals surface area contributed by atoms with Crippen molar-refractivity contribution in [1.29, 1.82) is 0 Å². The van der Waals surface area contributed by atoms with Crippen LogP contribution in [0.1, 0.15) is 16.7 Å². The lowest BCUT2D eigenvalue weighted by atomic mass is 9.77. The number of amides is 1. The van der Waals surface area contributed by atoms with Crippen LogP contribution in [0, 0.1) is 0 Å². The summed E-state index contributed by atoms with van der Waals surface area (Å²) >= 11 is 19.0. The number of ether oxygens (including phenoxy) is 1. The Morgan fingerprint density at radius 1 is 1.00 bits per heavy atom. The number of nitrogens with zero attached hydrogens (tertiary/aromatic N) is 1. The molecule has 0 aromatic heterocycles. The Kier molecular flexibility index (Phi) is 5.80. The van der Waals surface area contributed by atoms with E-state index in [0.717, 1.165) is 0 Å². The summed E-state index contributed by atoms with van der Waals surface area (Å²) in [5.74, 6) is -0.408. The molecule has 3 aromatic carbocycles. The largest absolute Gasteiger partial charge is 0.377 e. The lowest BCUT2D eigenvalue weighted by Gasteiger charge is -2.44. The lowest BCUT2D eigenvalue weighted by molar-refractivity contribution is -0.145. The molecule has 1 aliphatic heterocycles. The molecule has 4 nitrogen and oxygen atoms in total. The second kappa shape index (κ2) is 8.22. The molecule has 1 aliphatic rings. The van der Waals surface area contributed by atoms with Gasteiger partial charge in [0, 0.05) is 33.3 Å². The third kappa shape index (κ3) is 3.39. The van der Waals surface area contributed by atoms with Crippen LogP contribution in [-0.2, 0) is 21.7 Å². The van der Waals surface area contributed by atoms with Gasteiger partial charge in [0.2, 0.25) is 0 Å². The second-order valence-electron chi connectivity index (χ2n) is 7.03. The predicted octanol–water partition coefficient (Wildman–Crippen LogP) is 5.44. The van der Waals surface area contributed by atoms with Gasteiger partial charge in [0.25, 0.3) is 5.91 Å². The van der Waals surface area contributed by atoms with Crippen LogP contribution in [0.3, 0.4) is 0 Å². The quantitative estimate of drug-likeness (QED) is 0.561. The van der Waals surface area contributed by atoms with Gasteiger partial charge in [0.15, 0.2) is 11.7 Å². The molecule has 30 heavy (non-hydrogen) atoms. The zero-order chi connectivity index (χ0) is 21.5. The number of fused-ring (bicyclic) bond motifs is 1. The Bertz CT molecular complexity index is 1090. The van der Waals surface area contributed by atoms with Crippen LogP contribution in [-0.4, -0.2) is 24.2 Å². The van der Waals surface area contributed by atoms with Crippen LogP contribution in [0.15, 0.2) is 66.7 Å². The average Bonchev–Trinajstić information content (AvgIpc) is 2.74. The molecule has 1 amide bonds. The fourth-order valence-corrected chi connectivity index (χ4v) is 4.59. The molecule has 0 aliphatic carbocycles. The lowest BCUT2D eigenvalue weighted by Crippen LogP contribution is -2.57.